The van der Waals surface area contributed by atoms with Gasteiger partial charge in [0.05, 0.1) is 16.5 Å². The van der Waals surface area contributed by atoms with E-state index in [2.05, 4.69) is 4.90 Å². The summed E-state index contributed by atoms with van der Waals surface area (Å²) in [6.45, 7) is 1.81. The molecule has 0 bridgehead atoms. The number of rotatable bonds is 4. The maximum atomic E-state index is 13.9. The Morgan fingerprint density at radius 3 is 2.67 bits per heavy atom. The topological polar surface area (TPSA) is 40.5 Å². The van der Waals surface area contributed by atoms with E-state index in [-0.39, 0.29) is 11.5 Å². The first-order valence-electron chi connectivity index (χ1n) is 7.91. The van der Waals surface area contributed by atoms with Crippen LogP contribution in [0.15, 0.2) is 29.6 Å². The first-order chi connectivity index (χ1) is 11.5. The van der Waals surface area contributed by atoms with Gasteiger partial charge in [-0.3, -0.25) is 4.79 Å². The summed E-state index contributed by atoms with van der Waals surface area (Å²) in [5, 5.41) is 12.4. The molecule has 1 N–H and O–H groups in total. The van der Waals surface area contributed by atoms with Gasteiger partial charge in [-0.05, 0) is 62.5 Å². The van der Waals surface area contributed by atoms with Crippen LogP contribution >= 0.6 is 11.3 Å². The lowest BCUT2D eigenvalue weighted by Gasteiger charge is -2.32. The summed E-state index contributed by atoms with van der Waals surface area (Å²) in [5.74, 6) is -2.03. The number of likely N-dealkylation sites (tertiary alicyclic amines) is 1. The van der Waals surface area contributed by atoms with E-state index in [1.165, 1.54) is 11.3 Å². The van der Waals surface area contributed by atoms with Gasteiger partial charge in [0.2, 0.25) is 5.78 Å². The zero-order chi connectivity index (χ0) is 17.3. The zero-order valence-corrected chi connectivity index (χ0v) is 14.2. The van der Waals surface area contributed by atoms with Crippen LogP contribution in [-0.4, -0.2) is 35.9 Å². The molecule has 0 radical (unpaired) electrons. The van der Waals surface area contributed by atoms with Gasteiger partial charge in [0, 0.05) is 11.6 Å². The quantitative estimate of drug-likeness (QED) is 0.855. The van der Waals surface area contributed by atoms with Crippen LogP contribution in [0.3, 0.4) is 0 Å². The van der Waals surface area contributed by atoms with Crippen molar-refractivity contribution < 1.29 is 18.7 Å². The maximum Gasteiger partial charge on any atom is 0.206 e. The van der Waals surface area contributed by atoms with Crippen molar-refractivity contribution in [2.75, 3.05) is 20.1 Å². The molecule has 0 aliphatic carbocycles. The minimum Gasteiger partial charge on any atom is -0.388 e. The SMILES string of the molecule is CN1CCC(C(O)c2ccsc2C(=O)c2ccc(F)cc2F)CC1. The van der Waals surface area contributed by atoms with Crippen molar-refractivity contribution in [3.05, 3.63) is 57.3 Å². The Hall–Kier alpha value is -1.63. The number of ketones is 1. The minimum atomic E-state index is -0.881. The number of carbonyl (C=O) groups excluding carboxylic acids is 1. The summed E-state index contributed by atoms with van der Waals surface area (Å²) in [7, 11) is 2.04. The Kier molecular flexibility index (Phi) is 5.08. The molecule has 3 rings (SSSR count). The Balaban J connectivity index is 1.85. The van der Waals surface area contributed by atoms with Crippen molar-refractivity contribution in [3.63, 3.8) is 0 Å². The molecule has 3 nitrogen and oxygen atoms in total. The summed E-state index contributed by atoms with van der Waals surface area (Å²) in [4.78, 5) is 15.2. The highest BCUT2D eigenvalue weighted by Crippen LogP contribution is 2.35. The second-order valence-corrected chi connectivity index (χ2v) is 7.16. The number of piperidine rings is 1. The van der Waals surface area contributed by atoms with Crippen LogP contribution in [0.2, 0.25) is 0 Å². The number of benzene rings is 1. The van der Waals surface area contributed by atoms with Crippen LogP contribution in [0, 0.1) is 17.6 Å². The van der Waals surface area contributed by atoms with Crippen molar-refractivity contribution in [1.29, 1.82) is 0 Å². The number of thiophene rings is 1. The molecule has 2 aromatic rings. The molecule has 128 valence electrons. The molecule has 1 aromatic heterocycles. The third-order valence-corrected chi connectivity index (χ3v) is 5.54. The van der Waals surface area contributed by atoms with E-state index >= 15 is 0 Å². The predicted molar refractivity (Wildman–Crippen MR) is 89.3 cm³/mol. The van der Waals surface area contributed by atoms with Gasteiger partial charge in [-0.15, -0.1) is 11.3 Å². The molecule has 24 heavy (non-hydrogen) atoms. The smallest absolute Gasteiger partial charge is 0.206 e. The molecule has 0 spiro atoms. The van der Waals surface area contributed by atoms with Gasteiger partial charge in [0.1, 0.15) is 11.6 Å². The second-order valence-electron chi connectivity index (χ2n) is 6.24. The Labute approximate surface area is 143 Å². The highest BCUT2D eigenvalue weighted by molar-refractivity contribution is 7.12. The number of carbonyl (C=O) groups is 1. The van der Waals surface area contributed by atoms with Crippen LogP contribution < -0.4 is 0 Å². The molecule has 2 heterocycles. The number of aliphatic hydroxyl groups excluding tert-OH is 1. The summed E-state index contributed by atoms with van der Waals surface area (Å²) in [6, 6.07) is 4.64. The lowest BCUT2D eigenvalue weighted by Crippen LogP contribution is -2.32. The van der Waals surface area contributed by atoms with Gasteiger partial charge in [0.15, 0.2) is 0 Å². The van der Waals surface area contributed by atoms with Crippen molar-refractivity contribution >= 4 is 17.1 Å². The van der Waals surface area contributed by atoms with Crippen molar-refractivity contribution in [3.8, 4) is 0 Å². The molecular formula is C18H19F2NO2S. The van der Waals surface area contributed by atoms with Gasteiger partial charge in [-0.25, -0.2) is 8.78 Å². The third-order valence-electron chi connectivity index (χ3n) is 4.61. The number of aliphatic hydroxyl groups is 1. The van der Waals surface area contributed by atoms with Crippen LogP contribution in [0.5, 0.6) is 0 Å². The third kappa shape index (κ3) is 3.41. The molecule has 1 aliphatic heterocycles. The fraction of sp³-hybridized carbons (Fsp3) is 0.389. The fourth-order valence-electron chi connectivity index (χ4n) is 3.13. The predicted octanol–water partition coefficient (Wildman–Crippen LogP) is 3.63. The van der Waals surface area contributed by atoms with Gasteiger partial charge in [0.25, 0.3) is 0 Å². The molecule has 0 amide bonds. The van der Waals surface area contributed by atoms with Gasteiger partial charge < -0.3 is 10.0 Å². The minimum absolute atomic E-state index is 0.0837. The summed E-state index contributed by atoms with van der Waals surface area (Å²) in [5.41, 5.74) is 0.374. The molecule has 6 heteroatoms. The van der Waals surface area contributed by atoms with E-state index in [4.69, 9.17) is 0 Å². The standard InChI is InChI=1S/C18H19F2NO2S/c1-21-7-4-11(5-8-21)16(22)14-6-9-24-18(14)17(23)13-3-2-12(19)10-15(13)20/h2-3,6,9-11,16,22H,4-5,7-8H2,1H3. The molecule has 1 atom stereocenters. The van der Waals surface area contributed by atoms with Gasteiger partial charge in [-0.2, -0.15) is 0 Å². The highest BCUT2D eigenvalue weighted by atomic mass is 32.1. The Morgan fingerprint density at radius 1 is 1.29 bits per heavy atom. The van der Waals surface area contributed by atoms with E-state index < -0.39 is 23.5 Å². The Morgan fingerprint density at radius 2 is 2.00 bits per heavy atom. The van der Waals surface area contributed by atoms with Crippen molar-refractivity contribution in [2.24, 2.45) is 5.92 Å². The largest absolute Gasteiger partial charge is 0.388 e. The average molecular weight is 351 g/mol. The molecular weight excluding hydrogens is 332 g/mol. The lowest BCUT2D eigenvalue weighted by molar-refractivity contribution is 0.0650. The summed E-state index contributed by atoms with van der Waals surface area (Å²) in [6.07, 6.45) is 0.963. The number of halogens is 2. The van der Waals surface area contributed by atoms with Crippen molar-refractivity contribution in [2.45, 2.75) is 18.9 Å². The van der Waals surface area contributed by atoms with E-state index in [0.29, 0.717) is 16.5 Å². The molecule has 1 aliphatic rings. The first-order valence-corrected chi connectivity index (χ1v) is 8.79. The summed E-state index contributed by atoms with van der Waals surface area (Å²) < 4.78 is 26.9. The molecule has 1 unspecified atom stereocenters. The summed E-state index contributed by atoms with van der Waals surface area (Å²) >= 11 is 1.18. The van der Waals surface area contributed by atoms with Crippen molar-refractivity contribution in [1.82, 2.24) is 4.90 Å². The molecule has 0 saturated carbocycles. The Bertz CT molecular complexity index is 738. The van der Waals surface area contributed by atoms with Crippen LogP contribution in [-0.2, 0) is 0 Å². The molecule has 1 fully saturated rings. The second kappa shape index (κ2) is 7.09. The molecule has 1 aromatic carbocycles. The number of hydrogen-bond acceptors (Lipinski definition) is 4. The van der Waals surface area contributed by atoms with E-state index in [1.807, 2.05) is 7.05 Å². The van der Waals surface area contributed by atoms with Crippen LogP contribution in [0.1, 0.15) is 39.7 Å². The zero-order valence-electron chi connectivity index (χ0n) is 13.3. The molecule has 1 saturated heterocycles. The van der Waals surface area contributed by atoms with Gasteiger partial charge >= 0.3 is 0 Å². The monoisotopic (exact) mass is 351 g/mol. The van der Waals surface area contributed by atoms with Gasteiger partial charge in [-0.1, -0.05) is 0 Å². The normalized spacial score (nSPS) is 17.8. The number of nitrogens with zero attached hydrogens (tertiary/aromatic N) is 1. The first kappa shape index (κ1) is 17.2. The van der Waals surface area contributed by atoms with Crippen LogP contribution in [0.4, 0.5) is 8.78 Å². The highest BCUT2D eigenvalue weighted by Gasteiger charge is 2.29. The average Bonchev–Trinajstić information content (AvgIpc) is 3.04. The van der Waals surface area contributed by atoms with E-state index in [1.54, 1.807) is 11.4 Å². The fourth-order valence-corrected chi connectivity index (χ4v) is 4.02. The van der Waals surface area contributed by atoms with E-state index in [9.17, 15) is 18.7 Å². The maximum absolute atomic E-state index is 13.9. The number of hydrogen-bond donors (Lipinski definition) is 1. The van der Waals surface area contributed by atoms with E-state index in [0.717, 1.165) is 38.1 Å². The van der Waals surface area contributed by atoms with Crippen LogP contribution in [0.25, 0.3) is 0 Å². The lowest BCUT2D eigenvalue weighted by atomic mass is 9.87.